The minimum Gasteiger partial charge on any atom is -0.354 e. The van der Waals surface area contributed by atoms with Gasteiger partial charge in [0, 0.05) is 9.75 Å². The lowest BCUT2D eigenvalue weighted by atomic mass is 9.87. The fraction of sp³-hybridized carbons (Fsp3) is 0.278. The Hall–Kier alpha value is -1.75. The molecular weight excluding hydrogens is 296 g/mol. The second kappa shape index (κ2) is 6.57. The molecule has 0 aliphatic carbocycles. The first-order chi connectivity index (χ1) is 10.7. The molecule has 0 spiro atoms. The highest BCUT2D eigenvalue weighted by Crippen LogP contribution is 2.29. The molecule has 4 heteroatoms. The minimum absolute atomic E-state index is 0.0434. The van der Waals surface area contributed by atoms with Crippen LogP contribution in [-0.4, -0.2) is 25.8 Å². The van der Waals surface area contributed by atoms with E-state index in [1.165, 1.54) is 10.4 Å². The standard InChI is InChI=1S/C18H18O3S/c1-18(11-20-13-21-12-18)17(19)10-8-15-7-9-16(22-15)14-5-3-2-4-6-14/h2-10H,11-13H2,1H3/b10-8+. The third kappa shape index (κ3) is 3.35. The van der Waals surface area contributed by atoms with Gasteiger partial charge in [0.15, 0.2) is 5.78 Å². The largest absolute Gasteiger partial charge is 0.354 e. The van der Waals surface area contributed by atoms with Gasteiger partial charge in [-0.25, -0.2) is 0 Å². The zero-order valence-electron chi connectivity index (χ0n) is 12.5. The summed E-state index contributed by atoms with van der Waals surface area (Å²) in [6.07, 6.45) is 3.51. The van der Waals surface area contributed by atoms with Crippen molar-refractivity contribution in [2.75, 3.05) is 20.0 Å². The number of thiophene rings is 1. The van der Waals surface area contributed by atoms with Gasteiger partial charge in [0.1, 0.15) is 6.79 Å². The van der Waals surface area contributed by atoms with Crippen LogP contribution in [0.5, 0.6) is 0 Å². The van der Waals surface area contributed by atoms with E-state index in [-0.39, 0.29) is 12.6 Å². The van der Waals surface area contributed by atoms with E-state index in [9.17, 15) is 4.79 Å². The summed E-state index contributed by atoms with van der Waals surface area (Å²) >= 11 is 1.67. The Kier molecular flexibility index (Phi) is 4.52. The highest BCUT2D eigenvalue weighted by atomic mass is 32.1. The van der Waals surface area contributed by atoms with Crippen molar-refractivity contribution in [3.8, 4) is 10.4 Å². The Morgan fingerprint density at radius 1 is 1.14 bits per heavy atom. The molecule has 1 aliphatic heterocycles. The van der Waals surface area contributed by atoms with E-state index in [1.54, 1.807) is 17.4 Å². The van der Waals surface area contributed by atoms with E-state index in [2.05, 4.69) is 18.2 Å². The Morgan fingerprint density at radius 2 is 1.86 bits per heavy atom. The van der Waals surface area contributed by atoms with Crippen LogP contribution in [-0.2, 0) is 14.3 Å². The second-order valence-corrected chi connectivity index (χ2v) is 6.76. The summed E-state index contributed by atoms with van der Waals surface area (Å²) in [4.78, 5) is 14.6. The van der Waals surface area contributed by atoms with Gasteiger partial charge in [-0.05, 0) is 36.8 Å². The Bertz CT molecular complexity index is 667. The molecule has 1 saturated heterocycles. The Balaban J connectivity index is 1.71. The van der Waals surface area contributed by atoms with Gasteiger partial charge in [0.2, 0.25) is 0 Å². The van der Waals surface area contributed by atoms with Gasteiger partial charge in [-0.15, -0.1) is 11.3 Å². The summed E-state index contributed by atoms with van der Waals surface area (Å²) in [5, 5.41) is 0. The topological polar surface area (TPSA) is 35.5 Å². The fourth-order valence-electron chi connectivity index (χ4n) is 2.34. The van der Waals surface area contributed by atoms with E-state index in [0.717, 1.165) is 4.88 Å². The molecule has 0 saturated carbocycles. The molecule has 2 heterocycles. The molecule has 1 fully saturated rings. The predicted octanol–water partition coefficient (Wildman–Crippen LogP) is 4.01. The first-order valence-electron chi connectivity index (χ1n) is 7.21. The van der Waals surface area contributed by atoms with E-state index in [0.29, 0.717) is 13.2 Å². The van der Waals surface area contributed by atoms with Crippen LogP contribution in [0.25, 0.3) is 16.5 Å². The van der Waals surface area contributed by atoms with Crippen LogP contribution in [0.3, 0.4) is 0 Å². The summed E-state index contributed by atoms with van der Waals surface area (Å²) in [6, 6.07) is 14.3. The predicted molar refractivity (Wildman–Crippen MR) is 88.7 cm³/mol. The SMILES string of the molecule is CC1(C(=O)/C=C/c2ccc(-c3ccccc3)s2)COCOC1. The van der Waals surface area contributed by atoms with Gasteiger partial charge < -0.3 is 9.47 Å². The maximum absolute atomic E-state index is 12.3. The van der Waals surface area contributed by atoms with Crippen molar-refractivity contribution in [3.05, 3.63) is 53.4 Å². The monoisotopic (exact) mass is 314 g/mol. The third-order valence-electron chi connectivity index (χ3n) is 3.69. The van der Waals surface area contributed by atoms with Gasteiger partial charge in [-0.2, -0.15) is 0 Å². The van der Waals surface area contributed by atoms with Crippen molar-refractivity contribution in [2.24, 2.45) is 5.41 Å². The molecule has 1 aromatic heterocycles. The van der Waals surface area contributed by atoms with Crippen molar-refractivity contribution in [3.63, 3.8) is 0 Å². The maximum Gasteiger partial charge on any atom is 0.166 e. The van der Waals surface area contributed by atoms with Crippen molar-refractivity contribution < 1.29 is 14.3 Å². The van der Waals surface area contributed by atoms with E-state index in [4.69, 9.17) is 9.47 Å². The van der Waals surface area contributed by atoms with Gasteiger partial charge in [-0.1, -0.05) is 30.3 Å². The van der Waals surface area contributed by atoms with Crippen LogP contribution in [0.1, 0.15) is 11.8 Å². The summed E-state index contributed by atoms with van der Waals surface area (Å²) in [6.45, 7) is 2.98. The number of carbonyl (C=O) groups is 1. The van der Waals surface area contributed by atoms with E-state index in [1.807, 2.05) is 37.3 Å². The number of carbonyl (C=O) groups excluding carboxylic acids is 1. The second-order valence-electron chi connectivity index (χ2n) is 5.64. The van der Waals surface area contributed by atoms with E-state index < -0.39 is 5.41 Å². The number of ketones is 1. The first kappa shape index (κ1) is 15.2. The van der Waals surface area contributed by atoms with E-state index >= 15 is 0 Å². The summed E-state index contributed by atoms with van der Waals surface area (Å²) < 4.78 is 10.5. The van der Waals surface area contributed by atoms with Crippen molar-refractivity contribution >= 4 is 23.2 Å². The molecule has 0 amide bonds. The lowest BCUT2D eigenvalue weighted by Gasteiger charge is -2.30. The number of hydrogen-bond donors (Lipinski definition) is 0. The molecule has 1 aromatic carbocycles. The maximum atomic E-state index is 12.3. The van der Waals surface area contributed by atoms with Crippen LogP contribution >= 0.6 is 11.3 Å². The highest BCUT2D eigenvalue weighted by Gasteiger charge is 2.34. The number of allylic oxidation sites excluding steroid dienone is 1. The van der Waals surface area contributed by atoms with Crippen LogP contribution in [0, 0.1) is 5.41 Å². The molecule has 0 atom stereocenters. The fourth-order valence-corrected chi connectivity index (χ4v) is 3.25. The Morgan fingerprint density at radius 3 is 2.59 bits per heavy atom. The van der Waals surface area contributed by atoms with Crippen LogP contribution in [0.2, 0.25) is 0 Å². The number of rotatable bonds is 4. The molecule has 3 nitrogen and oxygen atoms in total. The molecule has 0 unspecified atom stereocenters. The summed E-state index contributed by atoms with van der Waals surface area (Å²) in [5.41, 5.74) is 0.619. The molecule has 0 bridgehead atoms. The number of ether oxygens (including phenoxy) is 2. The van der Waals surface area contributed by atoms with Crippen LogP contribution in [0.4, 0.5) is 0 Å². The molecule has 3 rings (SSSR count). The summed E-state index contributed by atoms with van der Waals surface area (Å²) in [5.74, 6) is 0.0434. The molecule has 2 aromatic rings. The van der Waals surface area contributed by atoms with Crippen molar-refractivity contribution in [1.29, 1.82) is 0 Å². The average molecular weight is 314 g/mol. The normalized spacial score (nSPS) is 17.7. The van der Waals surface area contributed by atoms with Gasteiger partial charge in [0.05, 0.1) is 18.6 Å². The van der Waals surface area contributed by atoms with Crippen LogP contribution in [0.15, 0.2) is 48.5 Å². The molecular formula is C18H18O3S. The van der Waals surface area contributed by atoms with Crippen molar-refractivity contribution in [2.45, 2.75) is 6.92 Å². The third-order valence-corrected chi connectivity index (χ3v) is 4.79. The average Bonchev–Trinajstić information content (AvgIpc) is 3.03. The number of benzene rings is 1. The molecule has 114 valence electrons. The first-order valence-corrected chi connectivity index (χ1v) is 8.02. The Labute approximate surface area is 134 Å². The van der Waals surface area contributed by atoms with Gasteiger partial charge in [-0.3, -0.25) is 4.79 Å². The van der Waals surface area contributed by atoms with Gasteiger partial charge >= 0.3 is 0 Å². The highest BCUT2D eigenvalue weighted by molar-refractivity contribution is 7.16. The zero-order valence-corrected chi connectivity index (χ0v) is 13.3. The van der Waals surface area contributed by atoms with Gasteiger partial charge in [0.25, 0.3) is 0 Å². The molecule has 0 radical (unpaired) electrons. The lowest BCUT2D eigenvalue weighted by Crippen LogP contribution is -2.40. The van der Waals surface area contributed by atoms with Crippen LogP contribution < -0.4 is 0 Å². The molecule has 1 aliphatic rings. The van der Waals surface area contributed by atoms with Crippen molar-refractivity contribution in [1.82, 2.24) is 0 Å². The quantitative estimate of drug-likeness (QED) is 0.800. The number of hydrogen-bond acceptors (Lipinski definition) is 4. The molecule has 22 heavy (non-hydrogen) atoms. The minimum atomic E-state index is -0.575. The zero-order chi connectivity index (χ0) is 15.4. The lowest BCUT2D eigenvalue weighted by molar-refractivity contribution is -0.168. The molecule has 0 N–H and O–H groups in total. The summed E-state index contributed by atoms with van der Waals surface area (Å²) in [7, 11) is 0. The smallest absolute Gasteiger partial charge is 0.166 e.